The Labute approximate surface area is 125 Å². The van der Waals surface area contributed by atoms with Crippen LogP contribution in [-0.4, -0.2) is 47.9 Å². The van der Waals surface area contributed by atoms with E-state index in [0.717, 1.165) is 32.1 Å². The molecule has 0 spiro atoms. The number of rotatable bonds is 2. The van der Waals surface area contributed by atoms with Crippen LogP contribution in [0.25, 0.3) is 0 Å². The summed E-state index contributed by atoms with van der Waals surface area (Å²) in [6.07, 6.45) is 4.75. The average molecular weight is 282 g/mol. The molecular weight excluding hydrogens is 260 g/mol. The summed E-state index contributed by atoms with van der Waals surface area (Å²) in [5.41, 5.74) is 3.21. The van der Waals surface area contributed by atoms with E-state index in [1.165, 1.54) is 36.8 Å². The first-order chi connectivity index (χ1) is 10.3. The van der Waals surface area contributed by atoms with Gasteiger partial charge in [-0.3, -0.25) is 9.69 Å². The summed E-state index contributed by atoms with van der Waals surface area (Å²) < 4.78 is 0. The van der Waals surface area contributed by atoms with Gasteiger partial charge >= 0.3 is 0 Å². The maximum atomic E-state index is 12.4. The largest absolute Gasteiger partial charge is 0.340 e. The van der Waals surface area contributed by atoms with Crippen molar-refractivity contribution < 1.29 is 4.79 Å². The summed E-state index contributed by atoms with van der Waals surface area (Å²) in [5, 5.41) is 0. The Morgan fingerprint density at radius 1 is 1.00 bits per heavy atom. The van der Waals surface area contributed by atoms with E-state index in [1.807, 2.05) is 0 Å². The molecule has 0 N–H and O–H groups in total. The molecule has 1 saturated heterocycles. The quantitative estimate of drug-likeness (QED) is 0.824. The Kier molecular flexibility index (Phi) is 2.38. The third kappa shape index (κ3) is 1.80. The Hall–Kier alpha value is -1.35. The molecule has 1 aromatic rings. The first-order valence-corrected chi connectivity index (χ1v) is 8.36. The molecule has 5 rings (SSSR count). The Balaban J connectivity index is 1.21. The highest BCUT2D eigenvalue weighted by Crippen LogP contribution is 2.75. The van der Waals surface area contributed by atoms with Crippen LogP contribution in [0.3, 0.4) is 0 Å². The number of nitrogens with zero attached hydrogens (tertiary/aromatic N) is 2. The van der Waals surface area contributed by atoms with E-state index < -0.39 is 0 Å². The van der Waals surface area contributed by atoms with Crippen molar-refractivity contribution in [3.63, 3.8) is 0 Å². The maximum absolute atomic E-state index is 12.4. The number of carbonyl (C=O) groups is 1. The van der Waals surface area contributed by atoms with Crippen molar-refractivity contribution in [2.45, 2.75) is 31.7 Å². The fraction of sp³-hybridized carbons (Fsp3) is 0.611. The molecule has 0 bridgehead atoms. The maximum Gasteiger partial charge on any atom is 0.229 e. The number of piperazine rings is 1. The molecule has 110 valence electrons. The number of hydrogen-bond donors (Lipinski definition) is 0. The first-order valence-electron chi connectivity index (χ1n) is 8.36. The van der Waals surface area contributed by atoms with Crippen LogP contribution in [0.1, 0.15) is 24.0 Å². The summed E-state index contributed by atoms with van der Waals surface area (Å²) in [5.74, 6) is 1.24. The van der Waals surface area contributed by atoms with Crippen molar-refractivity contribution in [2.75, 3.05) is 26.2 Å². The van der Waals surface area contributed by atoms with Crippen LogP contribution in [0.2, 0.25) is 0 Å². The Morgan fingerprint density at radius 3 is 2.10 bits per heavy atom. The molecule has 3 aliphatic carbocycles. The standard InChI is InChI=1S/C18H22N2O/c21-17(18-11-15(18)12-18)20-7-5-19(6-8-20)16-9-13-3-1-2-4-14(13)10-16/h1-4,15-16H,5-12H2. The fourth-order valence-corrected chi connectivity index (χ4v) is 4.45. The average Bonchev–Trinajstić information content (AvgIpc) is 3.34. The number of benzene rings is 1. The lowest BCUT2D eigenvalue weighted by Gasteiger charge is -2.38. The monoisotopic (exact) mass is 282 g/mol. The van der Waals surface area contributed by atoms with Crippen LogP contribution >= 0.6 is 0 Å². The van der Waals surface area contributed by atoms with Gasteiger partial charge in [-0.2, -0.15) is 0 Å². The van der Waals surface area contributed by atoms with Crippen molar-refractivity contribution in [3.8, 4) is 0 Å². The molecule has 3 nitrogen and oxygen atoms in total. The summed E-state index contributed by atoms with van der Waals surface area (Å²) in [4.78, 5) is 17.2. The summed E-state index contributed by atoms with van der Waals surface area (Å²) in [7, 11) is 0. The van der Waals surface area contributed by atoms with Gasteiger partial charge in [0.05, 0.1) is 5.41 Å². The van der Waals surface area contributed by atoms with Crippen LogP contribution in [0.4, 0.5) is 0 Å². The second-order valence-corrected chi connectivity index (χ2v) is 7.42. The highest BCUT2D eigenvalue weighted by molar-refractivity contribution is 5.90. The van der Waals surface area contributed by atoms with Gasteiger partial charge in [0.1, 0.15) is 0 Å². The normalized spacial score (nSPS) is 34.5. The molecular formula is C18H22N2O. The minimum absolute atomic E-state index is 0.158. The molecule has 1 aliphatic heterocycles. The van der Waals surface area contributed by atoms with Crippen LogP contribution in [0.5, 0.6) is 0 Å². The molecule has 0 radical (unpaired) electrons. The summed E-state index contributed by atoms with van der Waals surface area (Å²) in [6.45, 7) is 4.01. The molecule has 4 aliphatic rings. The zero-order valence-electron chi connectivity index (χ0n) is 12.4. The van der Waals surface area contributed by atoms with Crippen LogP contribution < -0.4 is 0 Å². The molecule has 3 heteroatoms. The summed E-state index contributed by atoms with van der Waals surface area (Å²) in [6, 6.07) is 9.51. The van der Waals surface area contributed by atoms with Crippen LogP contribution in [0.15, 0.2) is 24.3 Å². The van der Waals surface area contributed by atoms with E-state index in [0.29, 0.717) is 11.9 Å². The Bertz CT molecular complexity index is 572. The molecule has 3 fully saturated rings. The van der Waals surface area contributed by atoms with Crippen molar-refractivity contribution in [1.29, 1.82) is 0 Å². The van der Waals surface area contributed by atoms with E-state index in [4.69, 9.17) is 0 Å². The van der Waals surface area contributed by atoms with Gasteiger partial charge in [-0.05, 0) is 42.7 Å². The summed E-state index contributed by atoms with van der Waals surface area (Å²) >= 11 is 0. The predicted octanol–water partition coefficient (Wildman–Crippen LogP) is 1.71. The second-order valence-electron chi connectivity index (χ2n) is 7.42. The van der Waals surface area contributed by atoms with Crippen molar-refractivity contribution in [2.24, 2.45) is 11.3 Å². The lowest BCUT2D eigenvalue weighted by Crippen LogP contribution is -2.53. The second kappa shape index (κ2) is 4.10. The smallest absolute Gasteiger partial charge is 0.229 e. The minimum atomic E-state index is 0.158. The van der Waals surface area contributed by atoms with Crippen LogP contribution in [0, 0.1) is 11.3 Å². The molecule has 1 amide bonds. The topological polar surface area (TPSA) is 23.6 Å². The highest BCUT2D eigenvalue weighted by atomic mass is 16.2. The Morgan fingerprint density at radius 2 is 1.57 bits per heavy atom. The van der Waals surface area contributed by atoms with Crippen LogP contribution in [-0.2, 0) is 17.6 Å². The van der Waals surface area contributed by atoms with Gasteiger partial charge in [0, 0.05) is 32.2 Å². The molecule has 1 heterocycles. The molecule has 2 saturated carbocycles. The molecule has 21 heavy (non-hydrogen) atoms. The van der Waals surface area contributed by atoms with Gasteiger partial charge < -0.3 is 4.90 Å². The number of hydrogen-bond acceptors (Lipinski definition) is 2. The zero-order chi connectivity index (χ0) is 14.0. The van der Waals surface area contributed by atoms with E-state index in [-0.39, 0.29) is 5.41 Å². The lowest BCUT2D eigenvalue weighted by molar-refractivity contribution is -0.136. The van der Waals surface area contributed by atoms with Gasteiger partial charge in [-0.15, -0.1) is 0 Å². The number of carbonyl (C=O) groups excluding carboxylic acids is 1. The fourth-order valence-electron chi connectivity index (χ4n) is 4.45. The van der Waals surface area contributed by atoms with Crippen molar-refractivity contribution in [1.82, 2.24) is 9.80 Å². The zero-order valence-corrected chi connectivity index (χ0v) is 12.4. The van der Waals surface area contributed by atoms with Gasteiger partial charge in [0.15, 0.2) is 0 Å². The lowest BCUT2D eigenvalue weighted by atomic mass is 10.1. The van der Waals surface area contributed by atoms with E-state index >= 15 is 0 Å². The minimum Gasteiger partial charge on any atom is -0.340 e. The number of amides is 1. The third-order valence-electron chi connectivity index (χ3n) is 6.26. The van der Waals surface area contributed by atoms with Gasteiger partial charge in [-0.1, -0.05) is 24.3 Å². The molecule has 0 aromatic heterocycles. The molecule has 1 aromatic carbocycles. The SMILES string of the molecule is O=C(N1CCN(C2Cc3ccccc3C2)CC1)C12CC1C2. The predicted molar refractivity (Wildman–Crippen MR) is 80.9 cm³/mol. The van der Waals surface area contributed by atoms with Gasteiger partial charge in [0.25, 0.3) is 0 Å². The van der Waals surface area contributed by atoms with Gasteiger partial charge in [0.2, 0.25) is 5.91 Å². The molecule has 0 unspecified atom stereocenters. The first kappa shape index (κ1) is 12.2. The van der Waals surface area contributed by atoms with Crippen molar-refractivity contribution >= 4 is 5.91 Å². The van der Waals surface area contributed by atoms with E-state index in [1.54, 1.807) is 0 Å². The van der Waals surface area contributed by atoms with E-state index in [9.17, 15) is 4.79 Å². The molecule has 0 atom stereocenters. The van der Waals surface area contributed by atoms with E-state index in [2.05, 4.69) is 34.1 Å². The van der Waals surface area contributed by atoms with Crippen molar-refractivity contribution in [3.05, 3.63) is 35.4 Å². The third-order valence-corrected chi connectivity index (χ3v) is 6.26. The number of fused-ring (bicyclic) bond motifs is 2. The highest BCUT2D eigenvalue weighted by Gasteiger charge is 2.75. The van der Waals surface area contributed by atoms with Gasteiger partial charge in [-0.25, -0.2) is 0 Å².